The molecule has 0 saturated carbocycles. The molecule has 1 aliphatic rings. The second-order valence-corrected chi connectivity index (χ2v) is 7.17. The summed E-state index contributed by atoms with van der Waals surface area (Å²) in [6.45, 7) is 0.449. The van der Waals surface area contributed by atoms with Gasteiger partial charge < -0.3 is 20.1 Å². The van der Waals surface area contributed by atoms with Gasteiger partial charge in [-0.05, 0) is 42.0 Å². The fourth-order valence-corrected chi connectivity index (χ4v) is 3.31. The van der Waals surface area contributed by atoms with Crippen molar-refractivity contribution in [3.05, 3.63) is 72.1 Å². The highest BCUT2D eigenvalue weighted by Crippen LogP contribution is 2.37. The lowest BCUT2D eigenvalue weighted by atomic mass is 10.1. The van der Waals surface area contributed by atoms with Crippen LogP contribution in [0.1, 0.15) is 11.1 Å². The van der Waals surface area contributed by atoms with Crippen LogP contribution in [-0.4, -0.2) is 27.0 Å². The van der Waals surface area contributed by atoms with Crippen molar-refractivity contribution in [3.8, 4) is 22.9 Å². The molecule has 0 saturated heterocycles. The summed E-state index contributed by atoms with van der Waals surface area (Å²) in [6, 6.07) is 12.3. The quantitative estimate of drug-likeness (QED) is 0.379. The Bertz CT molecular complexity index is 1280. The van der Waals surface area contributed by atoms with E-state index in [1.165, 1.54) is 6.07 Å². The average molecular weight is 454 g/mol. The Labute approximate surface area is 185 Å². The van der Waals surface area contributed by atoms with E-state index in [2.05, 4.69) is 30.8 Å². The first-order chi connectivity index (χ1) is 16.0. The van der Waals surface area contributed by atoms with Crippen LogP contribution < -0.4 is 20.1 Å². The molecule has 0 radical (unpaired) electrons. The lowest BCUT2D eigenvalue weighted by Gasteiger charge is -2.14. The van der Waals surface area contributed by atoms with Crippen LogP contribution in [0, 0.1) is 0 Å². The van der Waals surface area contributed by atoms with E-state index >= 15 is 0 Å². The van der Waals surface area contributed by atoms with Gasteiger partial charge in [0.15, 0.2) is 17.3 Å². The van der Waals surface area contributed by atoms with E-state index in [0.29, 0.717) is 35.1 Å². The molecule has 0 fully saturated rings. The van der Waals surface area contributed by atoms with E-state index in [1.54, 1.807) is 36.7 Å². The Kier molecular flexibility index (Phi) is 5.21. The number of hydrogen-bond acceptors (Lipinski definition) is 7. The number of aromatic amines is 1. The van der Waals surface area contributed by atoms with Crippen molar-refractivity contribution in [2.45, 2.75) is 12.7 Å². The Balaban J connectivity index is 1.41. The predicted molar refractivity (Wildman–Crippen MR) is 114 cm³/mol. The number of fused-ring (bicyclic) bond motifs is 1. The topological polar surface area (TPSA) is 97.0 Å². The third kappa shape index (κ3) is 4.52. The molecule has 0 spiro atoms. The molecule has 11 heteroatoms. The number of H-pyrrole nitrogens is 1. The predicted octanol–water partition coefficient (Wildman–Crippen LogP) is 4.97. The van der Waals surface area contributed by atoms with Crippen molar-refractivity contribution < 1.29 is 22.6 Å². The zero-order valence-electron chi connectivity index (χ0n) is 17.0. The molecule has 33 heavy (non-hydrogen) atoms. The second kappa shape index (κ2) is 8.34. The summed E-state index contributed by atoms with van der Waals surface area (Å²) in [4.78, 5) is 8.42. The summed E-state index contributed by atoms with van der Waals surface area (Å²) in [6.07, 6.45) is -1.21. The van der Waals surface area contributed by atoms with Gasteiger partial charge in [0.25, 0.3) is 0 Å². The molecule has 3 heterocycles. The molecule has 3 N–H and O–H groups in total. The van der Waals surface area contributed by atoms with Crippen molar-refractivity contribution in [2.75, 3.05) is 17.4 Å². The Morgan fingerprint density at radius 3 is 2.73 bits per heavy atom. The molecule has 2 aromatic heterocycles. The first-order valence-corrected chi connectivity index (χ1v) is 9.89. The van der Waals surface area contributed by atoms with Crippen LogP contribution in [0.5, 0.6) is 11.5 Å². The maximum absolute atomic E-state index is 13.3. The molecule has 168 valence electrons. The SMILES string of the molecule is FC(F)(F)c1ccc(-c2nc(Nc3ccc4c(c3)OCO4)n[nH]2)c(NCc2cccnc2)c1. The maximum atomic E-state index is 13.3. The van der Waals surface area contributed by atoms with Crippen LogP contribution in [0.2, 0.25) is 0 Å². The summed E-state index contributed by atoms with van der Waals surface area (Å²) in [5.74, 6) is 1.80. The molecular weight excluding hydrogens is 437 g/mol. The minimum atomic E-state index is -4.48. The molecule has 8 nitrogen and oxygen atoms in total. The van der Waals surface area contributed by atoms with Crippen LogP contribution in [0.4, 0.5) is 30.5 Å². The summed E-state index contributed by atoms with van der Waals surface area (Å²) in [7, 11) is 0. The van der Waals surface area contributed by atoms with Crippen LogP contribution in [0.3, 0.4) is 0 Å². The number of nitrogens with zero attached hydrogens (tertiary/aromatic N) is 3. The average Bonchev–Trinajstić information content (AvgIpc) is 3.47. The minimum Gasteiger partial charge on any atom is -0.454 e. The highest BCUT2D eigenvalue weighted by Gasteiger charge is 2.31. The van der Waals surface area contributed by atoms with E-state index in [9.17, 15) is 13.2 Å². The van der Waals surface area contributed by atoms with Crippen molar-refractivity contribution in [1.82, 2.24) is 20.2 Å². The smallest absolute Gasteiger partial charge is 0.416 e. The molecule has 0 aliphatic carbocycles. The van der Waals surface area contributed by atoms with E-state index in [-0.39, 0.29) is 18.4 Å². The van der Waals surface area contributed by atoms with Gasteiger partial charge in [-0.3, -0.25) is 10.1 Å². The summed E-state index contributed by atoms with van der Waals surface area (Å²) >= 11 is 0. The highest BCUT2D eigenvalue weighted by molar-refractivity contribution is 5.75. The van der Waals surface area contributed by atoms with Gasteiger partial charge in [0.1, 0.15) is 0 Å². The van der Waals surface area contributed by atoms with Gasteiger partial charge in [0.2, 0.25) is 12.7 Å². The molecule has 0 unspecified atom stereocenters. The molecule has 0 bridgehead atoms. The molecule has 0 amide bonds. The molecule has 1 aliphatic heterocycles. The standard InChI is InChI=1S/C22H17F3N6O2/c23-22(24,25)14-3-5-16(17(8-14)27-11-13-2-1-7-26-10-13)20-29-21(31-30-20)28-15-4-6-18-19(9-15)33-12-32-18/h1-10,27H,11-12H2,(H2,28,29,30,31). The molecule has 4 aromatic rings. The fourth-order valence-electron chi connectivity index (χ4n) is 3.31. The first kappa shape index (κ1) is 20.6. The summed E-state index contributed by atoms with van der Waals surface area (Å²) in [5.41, 5.74) is 1.44. The van der Waals surface area contributed by atoms with Crippen molar-refractivity contribution in [1.29, 1.82) is 0 Å². The van der Waals surface area contributed by atoms with E-state index < -0.39 is 11.7 Å². The van der Waals surface area contributed by atoms with Crippen molar-refractivity contribution in [3.63, 3.8) is 0 Å². The Morgan fingerprint density at radius 1 is 1.03 bits per heavy atom. The van der Waals surface area contributed by atoms with E-state index in [1.807, 2.05) is 6.07 Å². The van der Waals surface area contributed by atoms with Crippen LogP contribution in [0.25, 0.3) is 11.4 Å². The normalized spacial score (nSPS) is 12.6. The van der Waals surface area contributed by atoms with Gasteiger partial charge >= 0.3 is 6.18 Å². The third-order valence-corrected chi connectivity index (χ3v) is 4.92. The monoisotopic (exact) mass is 454 g/mol. The zero-order valence-corrected chi connectivity index (χ0v) is 17.0. The van der Waals surface area contributed by atoms with E-state index in [0.717, 1.165) is 17.7 Å². The molecule has 0 atom stereocenters. The lowest BCUT2D eigenvalue weighted by Crippen LogP contribution is -2.08. The number of hydrogen-bond donors (Lipinski definition) is 3. The largest absolute Gasteiger partial charge is 0.454 e. The van der Waals surface area contributed by atoms with Crippen LogP contribution >= 0.6 is 0 Å². The minimum absolute atomic E-state index is 0.159. The number of ether oxygens (including phenoxy) is 2. The number of pyridine rings is 1. The Hall–Kier alpha value is -4.28. The zero-order chi connectivity index (χ0) is 22.8. The Morgan fingerprint density at radius 2 is 1.91 bits per heavy atom. The number of alkyl halides is 3. The van der Waals surface area contributed by atoms with Gasteiger partial charge in [-0.2, -0.15) is 18.2 Å². The van der Waals surface area contributed by atoms with Crippen LogP contribution in [0.15, 0.2) is 60.9 Å². The van der Waals surface area contributed by atoms with E-state index in [4.69, 9.17) is 9.47 Å². The summed E-state index contributed by atoms with van der Waals surface area (Å²) in [5, 5.41) is 13.0. The third-order valence-electron chi connectivity index (χ3n) is 4.92. The van der Waals surface area contributed by atoms with Gasteiger partial charge in [-0.15, -0.1) is 5.10 Å². The van der Waals surface area contributed by atoms with Gasteiger partial charge in [-0.25, -0.2) is 0 Å². The molecule has 5 rings (SSSR count). The van der Waals surface area contributed by atoms with Gasteiger partial charge in [0, 0.05) is 41.9 Å². The summed E-state index contributed by atoms with van der Waals surface area (Å²) < 4.78 is 50.6. The highest BCUT2D eigenvalue weighted by atomic mass is 19.4. The fraction of sp³-hybridized carbons (Fsp3) is 0.136. The van der Waals surface area contributed by atoms with Crippen molar-refractivity contribution in [2.24, 2.45) is 0 Å². The molecular formula is C22H17F3N6O2. The van der Waals surface area contributed by atoms with Crippen LogP contribution in [-0.2, 0) is 12.7 Å². The number of benzene rings is 2. The number of halogens is 3. The number of nitrogens with one attached hydrogen (secondary N) is 3. The number of rotatable bonds is 6. The second-order valence-electron chi connectivity index (χ2n) is 7.17. The number of aromatic nitrogens is 4. The lowest BCUT2D eigenvalue weighted by molar-refractivity contribution is -0.137. The van der Waals surface area contributed by atoms with Gasteiger partial charge in [-0.1, -0.05) is 6.07 Å². The van der Waals surface area contributed by atoms with Gasteiger partial charge in [0.05, 0.1) is 5.56 Å². The maximum Gasteiger partial charge on any atom is 0.416 e. The first-order valence-electron chi connectivity index (χ1n) is 9.89. The molecule has 2 aromatic carbocycles. The number of anilines is 3. The van der Waals surface area contributed by atoms with Crippen molar-refractivity contribution >= 4 is 17.3 Å².